The number of nitrogens with one attached hydrogen (secondary N) is 1. The lowest BCUT2D eigenvalue weighted by atomic mass is 10.2. The second kappa shape index (κ2) is 7.39. The van der Waals surface area contributed by atoms with Crippen molar-refractivity contribution in [1.29, 1.82) is 10.5 Å². The van der Waals surface area contributed by atoms with Gasteiger partial charge in [0.25, 0.3) is 0 Å². The van der Waals surface area contributed by atoms with Crippen LogP contribution in [0, 0.1) is 22.7 Å². The minimum atomic E-state index is -0.416. The van der Waals surface area contributed by atoms with Crippen LogP contribution < -0.4 is 5.32 Å². The van der Waals surface area contributed by atoms with E-state index in [0.717, 1.165) is 6.54 Å². The number of nitrogens with zero attached hydrogens (tertiary/aromatic N) is 3. The Bertz CT molecular complexity index is 588. The number of carbonyl (C=O) groups excluding carboxylic acids is 1. The highest BCUT2D eigenvalue weighted by molar-refractivity contribution is 5.92. The molecule has 2 rings (SSSR count). The van der Waals surface area contributed by atoms with Crippen LogP contribution in [0.2, 0.25) is 0 Å². The summed E-state index contributed by atoms with van der Waals surface area (Å²) in [4.78, 5) is 14.0. The minimum absolute atomic E-state index is 0.141. The van der Waals surface area contributed by atoms with Crippen molar-refractivity contribution < 1.29 is 9.53 Å². The van der Waals surface area contributed by atoms with Crippen LogP contribution in [0.4, 0.5) is 5.69 Å². The molecule has 21 heavy (non-hydrogen) atoms. The molecule has 6 heteroatoms. The first-order valence-corrected chi connectivity index (χ1v) is 6.75. The van der Waals surface area contributed by atoms with Crippen LogP contribution >= 0.6 is 0 Å². The largest absolute Gasteiger partial charge is 0.361 e. The number of hydrogen-bond donors (Lipinski definition) is 1. The summed E-state index contributed by atoms with van der Waals surface area (Å²) in [7, 11) is 0. The second-order valence-electron chi connectivity index (χ2n) is 4.74. The molecular weight excluding hydrogens is 268 g/mol. The molecule has 0 saturated carbocycles. The lowest BCUT2D eigenvalue weighted by Gasteiger charge is -2.29. The lowest BCUT2D eigenvalue weighted by molar-refractivity contribution is -0.116. The van der Waals surface area contributed by atoms with Gasteiger partial charge in [-0.05, 0) is 12.1 Å². The summed E-state index contributed by atoms with van der Waals surface area (Å²) in [5, 5.41) is 20.5. The second-order valence-corrected chi connectivity index (χ2v) is 4.74. The van der Waals surface area contributed by atoms with Gasteiger partial charge in [0, 0.05) is 26.1 Å². The van der Waals surface area contributed by atoms with Crippen LogP contribution in [0.1, 0.15) is 12.0 Å². The van der Waals surface area contributed by atoms with Gasteiger partial charge < -0.3 is 10.1 Å². The van der Waals surface area contributed by atoms with Crippen molar-refractivity contribution in [2.45, 2.75) is 12.5 Å². The van der Waals surface area contributed by atoms with Gasteiger partial charge in [-0.15, -0.1) is 0 Å². The molecule has 1 saturated heterocycles. The highest BCUT2D eigenvalue weighted by Gasteiger charge is 2.20. The third-order valence-electron chi connectivity index (χ3n) is 3.27. The first kappa shape index (κ1) is 15.0. The molecule has 1 fully saturated rings. The van der Waals surface area contributed by atoms with Crippen molar-refractivity contribution in [3.05, 3.63) is 29.8 Å². The predicted molar refractivity (Wildman–Crippen MR) is 76.2 cm³/mol. The standard InChI is InChI=1S/C15H16N4O2/c16-9-12-3-1-2-4-14(12)18-15(20)5-6-19-7-8-21-13(10-17)11-19/h1-4,13H,5-8,11H2,(H,18,20). The first-order valence-electron chi connectivity index (χ1n) is 6.75. The maximum atomic E-state index is 11.9. The van der Waals surface area contributed by atoms with Crippen LogP contribution in [0.25, 0.3) is 0 Å². The van der Waals surface area contributed by atoms with E-state index in [2.05, 4.69) is 11.4 Å². The smallest absolute Gasteiger partial charge is 0.225 e. The summed E-state index contributed by atoms with van der Waals surface area (Å²) < 4.78 is 5.25. The zero-order valence-electron chi connectivity index (χ0n) is 11.6. The number of amides is 1. The summed E-state index contributed by atoms with van der Waals surface area (Å²) in [5.74, 6) is -0.141. The molecule has 6 nitrogen and oxygen atoms in total. The number of carbonyl (C=O) groups is 1. The number of hydrogen-bond acceptors (Lipinski definition) is 5. The molecule has 1 aromatic carbocycles. The topological polar surface area (TPSA) is 89.2 Å². The zero-order chi connectivity index (χ0) is 15.1. The molecular formula is C15H16N4O2. The molecule has 0 aromatic heterocycles. The molecule has 1 amide bonds. The van der Waals surface area contributed by atoms with E-state index in [0.29, 0.717) is 37.4 Å². The molecule has 1 aromatic rings. The van der Waals surface area contributed by atoms with Crippen molar-refractivity contribution in [2.75, 3.05) is 31.6 Å². The quantitative estimate of drug-likeness (QED) is 0.894. The fourth-order valence-corrected chi connectivity index (χ4v) is 2.15. The lowest BCUT2D eigenvalue weighted by Crippen LogP contribution is -2.42. The summed E-state index contributed by atoms with van der Waals surface area (Å²) in [6.07, 6.45) is -0.0983. The maximum Gasteiger partial charge on any atom is 0.225 e. The van der Waals surface area contributed by atoms with Crippen molar-refractivity contribution in [2.24, 2.45) is 0 Å². The number of anilines is 1. The van der Waals surface area contributed by atoms with E-state index in [-0.39, 0.29) is 5.91 Å². The van der Waals surface area contributed by atoms with Gasteiger partial charge >= 0.3 is 0 Å². The third kappa shape index (κ3) is 4.28. The summed E-state index contributed by atoms with van der Waals surface area (Å²) >= 11 is 0. The fourth-order valence-electron chi connectivity index (χ4n) is 2.15. The highest BCUT2D eigenvalue weighted by atomic mass is 16.5. The fraction of sp³-hybridized carbons (Fsp3) is 0.400. The van der Waals surface area contributed by atoms with Gasteiger partial charge in [0.1, 0.15) is 6.07 Å². The Balaban J connectivity index is 1.83. The number of ether oxygens (including phenoxy) is 1. The number of benzene rings is 1. The van der Waals surface area contributed by atoms with E-state index in [4.69, 9.17) is 15.3 Å². The van der Waals surface area contributed by atoms with Crippen LogP contribution in [-0.2, 0) is 9.53 Å². The van der Waals surface area contributed by atoms with Gasteiger partial charge in [-0.1, -0.05) is 12.1 Å². The molecule has 108 valence electrons. The van der Waals surface area contributed by atoms with Gasteiger partial charge in [-0.25, -0.2) is 0 Å². The van der Waals surface area contributed by atoms with Crippen molar-refractivity contribution in [1.82, 2.24) is 4.90 Å². The van der Waals surface area contributed by atoms with Crippen molar-refractivity contribution >= 4 is 11.6 Å². The van der Waals surface area contributed by atoms with E-state index >= 15 is 0 Å². The van der Waals surface area contributed by atoms with Gasteiger partial charge in [-0.3, -0.25) is 9.69 Å². The molecule has 1 heterocycles. The number of nitriles is 2. The maximum absolute atomic E-state index is 11.9. The summed E-state index contributed by atoms with van der Waals surface area (Å²) in [6, 6.07) is 11.0. The average Bonchev–Trinajstić information content (AvgIpc) is 2.53. The Kier molecular flexibility index (Phi) is 5.28. The molecule has 0 bridgehead atoms. The Morgan fingerprint density at radius 3 is 3.00 bits per heavy atom. The van der Waals surface area contributed by atoms with E-state index < -0.39 is 6.10 Å². The summed E-state index contributed by atoms with van der Waals surface area (Å²) in [6.45, 7) is 2.33. The SMILES string of the molecule is N#Cc1ccccc1NC(=O)CCN1CCOC(C#N)C1. The minimum Gasteiger partial charge on any atom is -0.361 e. The summed E-state index contributed by atoms with van der Waals surface area (Å²) in [5.41, 5.74) is 0.976. The van der Waals surface area contributed by atoms with Crippen LogP contribution in [0.15, 0.2) is 24.3 Å². The van der Waals surface area contributed by atoms with Crippen LogP contribution in [0.5, 0.6) is 0 Å². The van der Waals surface area contributed by atoms with E-state index in [1.807, 2.05) is 11.0 Å². The predicted octanol–water partition coefficient (Wildman–Crippen LogP) is 1.11. The van der Waals surface area contributed by atoms with E-state index in [1.54, 1.807) is 24.3 Å². The Labute approximate surface area is 123 Å². The Hall–Kier alpha value is -2.41. The molecule has 1 unspecified atom stereocenters. The first-order chi connectivity index (χ1) is 10.2. The van der Waals surface area contributed by atoms with Crippen molar-refractivity contribution in [3.8, 4) is 12.1 Å². The van der Waals surface area contributed by atoms with Gasteiger partial charge in [-0.2, -0.15) is 10.5 Å². The van der Waals surface area contributed by atoms with E-state index in [9.17, 15) is 4.79 Å². The van der Waals surface area contributed by atoms with Crippen LogP contribution in [0.3, 0.4) is 0 Å². The molecule has 1 N–H and O–H groups in total. The third-order valence-corrected chi connectivity index (χ3v) is 3.27. The van der Waals surface area contributed by atoms with E-state index in [1.165, 1.54) is 0 Å². The normalized spacial score (nSPS) is 18.5. The van der Waals surface area contributed by atoms with Crippen LogP contribution in [-0.4, -0.2) is 43.2 Å². The Morgan fingerprint density at radius 2 is 2.24 bits per heavy atom. The zero-order valence-corrected chi connectivity index (χ0v) is 11.6. The number of morpholine rings is 1. The van der Waals surface area contributed by atoms with Crippen molar-refractivity contribution in [3.63, 3.8) is 0 Å². The molecule has 0 aliphatic carbocycles. The molecule has 1 aliphatic rings. The van der Waals surface area contributed by atoms with Gasteiger partial charge in [0.05, 0.1) is 23.9 Å². The molecule has 0 spiro atoms. The average molecular weight is 284 g/mol. The monoisotopic (exact) mass is 284 g/mol. The number of para-hydroxylation sites is 1. The number of rotatable bonds is 4. The molecule has 1 aliphatic heterocycles. The molecule has 1 atom stereocenters. The Morgan fingerprint density at radius 1 is 1.43 bits per heavy atom. The molecule has 0 radical (unpaired) electrons. The van der Waals surface area contributed by atoms with Gasteiger partial charge in [0.15, 0.2) is 6.10 Å². The van der Waals surface area contributed by atoms with Gasteiger partial charge in [0.2, 0.25) is 5.91 Å². The highest BCUT2D eigenvalue weighted by Crippen LogP contribution is 2.14.